The molecule has 1 fully saturated rings. The fraction of sp³-hybridized carbons (Fsp3) is 0.789. The Bertz CT molecular complexity index is 628. The summed E-state index contributed by atoms with van der Waals surface area (Å²) < 4.78 is 5.30. The van der Waals surface area contributed by atoms with Crippen LogP contribution >= 0.6 is 23.5 Å². The van der Waals surface area contributed by atoms with Crippen LogP contribution in [0.4, 0.5) is 5.95 Å². The normalized spacial score (nSPS) is 17.0. The molecule has 1 aromatic rings. The van der Waals surface area contributed by atoms with E-state index in [1.807, 2.05) is 6.92 Å². The van der Waals surface area contributed by atoms with E-state index in [1.165, 1.54) is 0 Å². The molecule has 0 saturated heterocycles. The van der Waals surface area contributed by atoms with Crippen molar-refractivity contribution in [1.29, 1.82) is 0 Å². The van der Waals surface area contributed by atoms with E-state index in [0.717, 1.165) is 25.7 Å². The summed E-state index contributed by atoms with van der Waals surface area (Å²) >= 11 is 3.20. The molecule has 27 heavy (non-hydrogen) atoms. The van der Waals surface area contributed by atoms with Crippen molar-refractivity contribution < 1.29 is 9.53 Å². The van der Waals surface area contributed by atoms with Crippen LogP contribution in [0.25, 0.3) is 0 Å². The molecule has 0 amide bonds. The van der Waals surface area contributed by atoms with Gasteiger partial charge in [-0.2, -0.15) is 15.0 Å². The molecule has 152 valence electrons. The summed E-state index contributed by atoms with van der Waals surface area (Å²) in [7, 11) is 0. The first-order chi connectivity index (χ1) is 12.4. The maximum absolute atomic E-state index is 12.6. The van der Waals surface area contributed by atoms with Crippen molar-refractivity contribution in [3.8, 4) is 0 Å². The highest BCUT2D eigenvalue weighted by molar-refractivity contribution is 8.01. The van der Waals surface area contributed by atoms with Gasteiger partial charge < -0.3 is 10.1 Å². The second-order valence-electron chi connectivity index (χ2n) is 8.79. The Balaban J connectivity index is 2.36. The van der Waals surface area contributed by atoms with Crippen LogP contribution in [0.2, 0.25) is 0 Å². The molecule has 0 bridgehead atoms. The Hall–Kier alpha value is -1.02. The van der Waals surface area contributed by atoms with Gasteiger partial charge in [0.2, 0.25) is 5.95 Å². The van der Waals surface area contributed by atoms with Gasteiger partial charge in [0.15, 0.2) is 10.3 Å². The topological polar surface area (TPSA) is 77.0 Å². The number of hydrogen-bond donors (Lipinski definition) is 1. The summed E-state index contributed by atoms with van der Waals surface area (Å²) in [6, 6.07) is 0. The van der Waals surface area contributed by atoms with Crippen LogP contribution in [-0.4, -0.2) is 42.6 Å². The fourth-order valence-corrected chi connectivity index (χ4v) is 4.56. The van der Waals surface area contributed by atoms with E-state index in [1.54, 1.807) is 23.5 Å². The maximum atomic E-state index is 12.6. The molecule has 0 aliphatic heterocycles. The van der Waals surface area contributed by atoms with Crippen molar-refractivity contribution >= 4 is 35.4 Å². The van der Waals surface area contributed by atoms with Crippen molar-refractivity contribution in [2.75, 3.05) is 11.9 Å². The molecule has 2 rings (SSSR count). The van der Waals surface area contributed by atoms with Gasteiger partial charge >= 0.3 is 5.97 Å². The number of carbonyl (C=O) groups is 1. The highest BCUT2D eigenvalue weighted by Crippen LogP contribution is 2.37. The van der Waals surface area contributed by atoms with E-state index in [0.29, 0.717) is 22.9 Å². The number of rotatable bonds is 6. The van der Waals surface area contributed by atoms with E-state index in [4.69, 9.17) is 4.74 Å². The summed E-state index contributed by atoms with van der Waals surface area (Å²) in [6.45, 7) is 15.0. The van der Waals surface area contributed by atoms with Gasteiger partial charge in [-0.3, -0.25) is 0 Å². The zero-order valence-electron chi connectivity index (χ0n) is 17.5. The summed E-state index contributed by atoms with van der Waals surface area (Å²) in [5.74, 6) is 0.247. The standard InChI is InChI=1S/C19H32N4O2S2/c1-8-25-13(24)19(11-9-10-12-19)23-14-20-15(26-17(2,3)4)22-16(21-14)27-18(5,6)7/h8-12H2,1-7H3,(H,20,21,22,23). The van der Waals surface area contributed by atoms with Crippen molar-refractivity contribution in [2.45, 2.75) is 99.5 Å². The summed E-state index contributed by atoms with van der Waals surface area (Å²) in [5, 5.41) is 4.67. The largest absolute Gasteiger partial charge is 0.464 e. The molecule has 1 heterocycles. The van der Waals surface area contributed by atoms with E-state index in [2.05, 4.69) is 61.8 Å². The van der Waals surface area contributed by atoms with Crippen molar-refractivity contribution in [3.63, 3.8) is 0 Å². The molecule has 1 aromatic heterocycles. The van der Waals surface area contributed by atoms with Gasteiger partial charge in [0.1, 0.15) is 5.54 Å². The third kappa shape index (κ3) is 6.82. The lowest BCUT2D eigenvalue weighted by Crippen LogP contribution is -2.45. The number of hydrogen-bond acceptors (Lipinski definition) is 8. The van der Waals surface area contributed by atoms with Crippen LogP contribution < -0.4 is 5.32 Å². The molecule has 8 heteroatoms. The minimum atomic E-state index is -0.731. The van der Waals surface area contributed by atoms with Crippen LogP contribution in [0, 0.1) is 0 Å². The minimum absolute atomic E-state index is 0.0194. The molecule has 0 radical (unpaired) electrons. The van der Waals surface area contributed by atoms with Gasteiger partial charge in [0.05, 0.1) is 6.61 Å². The minimum Gasteiger partial charge on any atom is -0.464 e. The average Bonchev–Trinajstić information content (AvgIpc) is 2.93. The lowest BCUT2D eigenvalue weighted by molar-refractivity contribution is -0.148. The van der Waals surface area contributed by atoms with E-state index < -0.39 is 5.54 Å². The molecular weight excluding hydrogens is 380 g/mol. The molecule has 1 aliphatic rings. The van der Waals surface area contributed by atoms with Gasteiger partial charge in [0, 0.05) is 9.49 Å². The number of nitrogens with one attached hydrogen (secondary N) is 1. The van der Waals surface area contributed by atoms with Crippen LogP contribution in [0.15, 0.2) is 10.3 Å². The smallest absolute Gasteiger partial charge is 0.331 e. The SMILES string of the molecule is CCOC(=O)C1(Nc2nc(SC(C)(C)C)nc(SC(C)(C)C)n2)CCCC1. The molecule has 1 aliphatic carbocycles. The number of ether oxygens (including phenoxy) is 1. The second-order valence-corrected chi connectivity index (χ2v) is 12.4. The number of aromatic nitrogens is 3. The van der Waals surface area contributed by atoms with Gasteiger partial charge in [0.25, 0.3) is 0 Å². The molecule has 0 spiro atoms. The molecule has 6 nitrogen and oxygen atoms in total. The quantitative estimate of drug-likeness (QED) is 0.520. The molecular formula is C19H32N4O2S2. The highest BCUT2D eigenvalue weighted by Gasteiger charge is 2.43. The van der Waals surface area contributed by atoms with Crippen LogP contribution in [0.5, 0.6) is 0 Å². The Kier molecular flexibility index (Phi) is 7.06. The first kappa shape index (κ1) is 22.3. The molecule has 0 unspecified atom stereocenters. The van der Waals surface area contributed by atoms with Crippen LogP contribution in [0.1, 0.15) is 74.1 Å². The van der Waals surface area contributed by atoms with Gasteiger partial charge in [-0.1, -0.05) is 77.9 Å². The summed E-state index contributed by atoms with van der Waals surface area (Å²) in [5.41, 5.74) is -0.731. The predicted molar refractivity (Wildman–Crippen MR) is 113 cm³/mol. The Morgan fingerprint density at radius 1 is 1.00 bits per heavy atom. The van der Waals surface area contributed by atoms with Crippen molar-refractivity contribution in [1.82, 2.24) is 15.0 Å². The Morgan fingerprint density at radius 2 is 1.48 bits per heavy atom. The lowest BCUT2D eigenvalue weighted by Gasteiger charge is -2.28. The van der Waals surface area contributed by atoms with Gasteiger partial charge in [-0.05, 0) is 19.8 Å². The lowest BCUT2D eigenvalue weighted by atomic mass is 9.98. The van der Waals surface area contributed by atoms with E-state index in [9.17, 15) is 4.79 Å². The van der Waals surface area contributed by atoms with Crippen LogP contribution in [0.3, 0.4) is 0 Å². The van der Waals surface area contributed by atoms with Gasteiger partial charge in [-0.25, -0.2) is 4.79 Å². The molecule has 1 saturated carbocycles. The first-order valence-corrected chi connectivity index (χ1v) is 11.2. The monoisotopic (exact) mass is 412 g/mol. The third-order valence-electron chi connectivity index (χ3n) is 3.86. The highest BCUT2D eigenvalue weighted by atomic mass is 32.2. The Labute approximate surface area is 171 Å². The maximum Gasteiger partial charge on any atom is 0.331 e. The number of nitrogens with zero attached hydrogens (tertiary/aromatic N) is 3. The summed E-state index contributed by atoms with van der Waals surface area (Å²) in [6.07, 6.45) is 3.45. The zero-order chi connectivity index (χ0) is 20.3. The number of esters is 1. The number of carbonyl (C=O) groups excluding carboxylic acids is 1. The second kappa shape index (κ2) is 8.55. The first-order valence-electron chi connectivity index (χ1n) is 9.52. The zero-order valence-corrected chi connectivity index (χ0v) is 19.1. The van der Waals surface area contributed by atoms with Gasteiger partial charge in [-0.15, -0.1) is 0 Å². The third-order valence-corrected chi connectivity index (χ3v) is 5.82. The molecule has 0 aromatic carbocycles. The number of thioether (sulfide) groups is 2. The van der Waals surface area contributed by atoms with E-state index >= 15 is 0 Å². The molecule has 0 atom stereocenters. The number of anilines is 1. The van der Waals surface area contributed by atoms with Crippen molar-refractivity contribution in [2.24, 2.45) is 0 Å². The van der Waals surface area contributed by atoms with Crippen molar-refractivity contribution in [3.05, 3.63) is 0 Å². The average molecular weight is 413 g/mol. The predicted octanol–water partition coefficient (Wildman–Crippen LogP) is 4.94. The van der Waals surface area contributed by atoms with Crippen LogP contribution in [-0.2, 0) is 9.53 Å². The van der Waals surface area contributed by atoms with E-state index in [-0.39, 0.29) is 15.5 Å². The Morgan fingerprint density at radius 3 is 1.89 bits per heavy atom. The molecule has 1 N–H and O–H groups in total. The summed E-state index contributed by atoms with van der Waals surface area (Å²) in [4.78, 5) is 26.5. The fourth-order valence-electron chi connectivity index (χ4n) is 2.87.